The zero-order valence-electron chi connectivity index (χ0n) is 11.0. The maximum Gasteiger partial charge on any atom is 0.187 e. The lowest BCUT2D eigenvalue weighted by molar-refractivity contribution is 0.592. The van der Waals surface area contributed by atoms with Crippen LogP contribution in [0.4, 0.5) is 10.2 Å². The van der Waals surface area contributed by atoms with E-state index in [9.17, 15) is 4.39 Å². The van der Waals surface area contributed by atoms with Crippen molar-refractivity contribution in [1.82, 2.24) is 15.0 Å². The molecule has 2 aromatic heterocycles. The molecule has 1 aliphatic heterocycles. The number of pyridine rings is 1. The van der Waals surface area contributed by atoms with Gasteiger partial charge < -0.3 is 4.90 Å². The van der Waals surface area contributed by atoms with E-state index in [1.807, 2.05) is 13.2 Å². The molecule has 1 fully saturated rings. The normalized spacial score (nSPS) is 14.8. The maximum absolute atomic E-state index is 14.4. The Morgan fingerprint density at radius 2 is 2.16 bits per heavy atom. The summed E-state index contributed by atoms with van der Waals surface area (Å²) in [5.41, 5.74) is 0.883. The predicted octanol–water partition coefficient (Wildman–Crippen LogP) is 2.66. The molecule has 0 aliphatic carbocycles. The summed E-state index contributed by atoms with van der Waals surface area (Å²) in [6, 6.07) is 0. The van der Waals surface area contributed by atoms with Crippen LogP contribution in [0.2, 0.25) is 0 Å². The highest BCUT2D eigenvalue weighted by Crippen LogP contribution is 2.30. The molecule has 4 nitrogen and oxygen atoms in total. The van der Waals surface area contributed by atoms with Gasteiger partial charge in [0.25, 0.3) is 0 Å². The average molecular weight is 278 g/mol. The fourth-order valence-electron chi connectivity index (χ4n) is 2.17. The third-order valence-corrected chi connectivity index (χ3v) is 3.94. The molecule has 0 atom stereocenters. The van der Waals surface area contributed by atoms with Gasteiger partial charge in [0, 0.05) is 19.3 Å². The molecule has 0 aromatic carbocycles. The smallest absolute Gasteiger partial charge is 0.187 e. The van der Waals surface area contributed by atoms with Crippen molar-refractivity contribution in [3.8, 4) is 0 Å². The molecule has 0 radical (unpaired) electrons. The first-order chi connectivity index (χ1) is 9.24. The molecule has 6 heteroatoms. The van der Waals surface area contributed by atoms with Crippen molar-refractivity contribution in [2.75, 3.05) is 24.2 Å². The van der Waals surface area contributed by atoms with Gasteiger partial charge in [-0.05, 0) is 19.1 Å². The first-order valence-corrected chi connectivity index (χ1v) is 7.61. The van der Waals surface area contributed by atoms with Crippen LogP contribution in [0.1, 0.15) is 19.0 Å². The molecular formula is C13H15FN4S. The summed E-state index contributed by atoms with van der Waals surface area (Å²) in [5, 5.41) is 1.31. The molecule has 0 unspecified atom stereocenters. The second-order valence-corrected chi connectivity index (χ2v) is 5.28. The number of hydrogen-bond acceptors (Lipinski definition) is 5. The van der Waals surface area contributed by atoms with Gasteiger partial charge in [0.05, 0.1) is 11.1 Å². The predicted molar refractivity (Wildman–Crippen MR) is 75.3 cm³/mol. The number of aryl methyl sites for hydroxylation is 1. The van der Waals surface area contributed by atoms with E-state index in [0.717, 1.165) is 25.3 Å². The van der Waals surface area contributed by atoms with Crippen molar-refractivity contribution in [3.05, 3.63) is 17.7 Å². The van der Waals surface area contributed by atoms with Crippen molar-refractivity contribution in [2.24, 2.45) is 0 Å². The highest BCUT2D eigenvalue weighted by Gasteiger charge is 2.22. The van der Waals surface area contributed by atoms with Gasteiger partial charge in [0.2, 0.25) is 0 Å². The van der Waals surface area contributed by atoms with Crippen molar-refractivity contribution in [3.63, 3.8) is 0 Å². The van der Waals surface area contributed by atoms with E-state index in [2.05, 4.69) is 19.9 Å². The van der Waals surface area contributed by atoms with Gasteiger partial charge in [-0.25, -0.2) is 19.3 Å². The van der Waals surface area contributed by atoms with Crippen LogP contribution in [0.15, 0.2) is 11.4 Å². The SMILES string of the molecule is CCc1nc(N2CCC2)c2cnc(SC)nc2c1F. The monoisotopic (exact) mass is 278 g/mol. The van der Waals surface area contributed by atoms with Crippen molar-refractivity contribution in [2.45, 2.75) is 24.9 Å². The Kier molecular flexibility index (Phi) is 3.26. The van der Waals surface area contributed by atoms with E-state index < -0.39 is 0 Å². The minimum Gasteiger partial charge on any atom is -0.356 e. The van der Waals surface area contributed by atoms with E-state index in [0.29, 0.717) is 28.2 Å². The minimum atomic E-state index is -0.306. The van der Waals surface area contributed by atoms with Gasteiger partial charge in [-0.3, -0.25) is 0 Å². The molecule has 1 aliphatic rings. The van der Waals surface area contributed by atoms with Crippen LogP contribution in [0.25, 0.3) is 10.9 Å². The van der Waals surface area contributed by atoms with Crippen LogP contribution in [-0.4, -0.2) is 34.3 Å². The van der Waals surface area contributed by atoms with Crippen LogP contribution in [0.5, 0.6) is 0 Å². The van der Waals surface area contributed by atoms with E-state index in [-0.39, 0.29) is 5.82 Å². The van der Waals surface area contributed by atoms with Crippen molar-refractivity contribution in [1.29, 1.82) is 0 Å². The van der Waals surface area contributed by atoms with Crippen LogP contribution >= 0.6 is 11.8 Å². The van der Waals surface area contributed by atoms with Gasteiger partial charge in [-0.15, -0.1) is 0 Å². The van der Waals surface area contributed by atoms with Gasteiger partial charge in [-0.1, -0.05) is 18.7 Å². The molecule has 3 rings (SSSR count). The number of anilines is 1. The summed E-state index contributed by atoms with van der Waals surface area (Å²) in [5.74, 6) is 0.520. The first-order valence-electron chi connectivity index (χ1n) is 6.38. The molecule has 1 saturated heterocycles. The second-order valence-electron chi connectivity index (χ2n) is 4.51. The van der Waals surface area contributed by atoms with Crippen molar-refractivity contribution >= 4 is 28.5 Å². The lowest BCUT2D eigenvalue weighted by atomic mass is 10.1. The first kappa shape index (κ1) is 12.6. The largest absolute Gasteiger partial charge is 0.356 e. The third kappa shape index (κ3) is 2.04. The summed E-state index contributed by atoms with van der Waals surface area (Å²) >= 11 is 1.42. The summed E-state index contributed by atoms with van der Waals surface area (Å²) < 4.78 is 14.4. The number of hydrogen-bond donors (Lipinski definition) is 0. The number of thioether (sulfide) groups is 1. The average Bonchev–Trinajstić information content (AvgIpc) is 2.39. The Morgan fingerprint density at radius 3 is 2.74 bits per heavy atom. The Morgan fingerprint density at radius 1 is 1.37 bits per heavy atom. The summed E-state index contributed by atoms with van der Waals surface area (Å²) in [6.45, 7) is 3.86. The zero-order chi connectivity index (χ0) is 13.4. The second kappa shape index (κ2) is 4.92. The number of halogens is 1. The molecule has 3 heterocycles. The molecule has 0 N–H and O–H groups in total. The zero-order valence-corrected chi connectivity index (χ0v) is 11.8. The standard InChI is InChI=1S/C13H15FN4S/c1-3-9-10(14)11-8(7-15-13(17-11)19-2)12(16-9)18-5-4-6-18/h7H,3-6H2,1-2H3. The highest BCUT2D eigenvalue weighted by atomic mass is 32.2. The molecule has 0 amide bonds. The fourth-order valence-corrected chi connectivity index (χ4v) is 2.51. The number of rotatable bonds is 3. The summed E-state index contributed by atoms with van der Waals surface area (Å²) in [6.07, 6.45) is 5.31. The topological polar surface area (TPSA) is 41.9 Å². The Hall–Kier alpha value is -1.43. The molecule has 19 heavy (non-hydrogen) atoms. The molecule has 2 aromatic rings. The van der Waals surface area contributed by atoms with E-state index in [1.54, 1.807) is 6.20 Å². The molecule has 0 bridgehead atoms. The van der Waals surface area contributed by atoms with Crippen LogP contribution in [-0.2, 0) is 6.42 Å². The summed E-state index contributed by atoms with van der Waals surface area (Å²) in [7, 11) is 0. The lowest BCUT2D eigenvalue weighted by Gasteiger charge is -2.33. The number of aromatic nitrogens is 3. The van der Waals surface area contributed by atoms with E-state index in [4.69, 9.17) is 0 Å². The fraction of sp³-hybridized carbons (Fsp3) is 0.462. The quantitative estimate of drug-likeness (QED) is 0.638. The Bertz CT molecular complexity index is 628. The minimum absolute atomic E-state index is 0.306. The van der Waals surface area contributed by atoms with Crippen LogP contribution < -0.4 is 4.90 Å². The van der Waals surface area contributed by atoms with Gasteiger partial charge >= 0.3 is 0 Å². The third-order valence-electron chi connectivity index (χ3n) is 3.38. The van der Waals surface area contributed by atoms with Crippen LogP contribution in [0.3, 0.4) is 0 Å². The Balaban J connectivity index is 2.27. The molecule has 0 spiro atoms. The highest BCUT2D eigenvalue weighted by molar-refractivity contribution is 7.98. The van der Waals surface area contributed by atoms with Crippen molar-refractivity contribution < 1.29 is 4.39 Å². The Labute approximate surface area is 115 Å². The molecule has 0 saturated carbocycles. The van der Waals surface area contributed by atoms with E-state index in [1.165, 1.54) is 11.8 Å². The lowest BCUT2D eigenvalue weighted by Crippen LogP contribution is -2.38. The number of fused-ring (bicyclic) bond motifs is 1. The van der Waals surface area contributed by atoms with Gasteiger partial charge in [0.15, 0.2) is 11.0 Å². The maximum atomic E-state index is 14.4. The van der Waals surface area contributed by atoms with Gasteiger partial charge in [0.1, 0.15) is 11.3 Å². The summed E-state index contributed by atoms with van der Waals surface area (Å²) in [4.78, 5) is 15.2. The van der Waals surface area contributed by atoms with Crippen LogP contribution in [0, 0.1) is 5.82 Å². The van der Waals surface area contributed by atoms with E-state index >= 15 is 0 Å². The molecular weight excluding hydrogens is 263 g/mol. The number of nitrogens with zero attached hydrogens (tertiary/aromatic N) is 4. The van der Waals surface area contributed by atoms with Gasteiger partial charge in [-0.2, -0.15) is 0 Å². The molecule has 100 valence electrons.